The van der Waals surface area contributed by atoms with Crippen molar-refractivity contribution in [1.29, 1.82) is 0 Å². The number of alkyl halides is 1. The molecule has 0 bridgehead atoms. The summed E-state index contributed by atoms with van der Waals surface area (Å²) in [6.07, 6.45) is 5.11. The van der Waals surface area contributed by atoms with E-state index < -0.39 is 12.2 Å². The number of nitrogens with zero attached hydrogens (tertiary/aromatic N) is 3. The van der Waals surface area contributed by atoms with Crippen LogP contribution in [0.3, 0.4) is 0 Å². The smallest absolute Gasteiger partial charge is 0.132 e. The molecule has 1 aliphatic rings. The van der Waals surface area contributed by atoms with E-state index in [0.29, 0.717) is 5.69 Å². The molecule has 0 aliphatic heterocycles. The first-order valence-corrected chi connectivity index (χ1v) is 13.1. The molecular formula is C25H33ClIN3O5. The minimum atomic E-state index is -0.744. The summed E-state index contributed by atoms with van der Waals surface area (Å²) in [5, 5.41) is 36.7. The maximum absolute atomic E-state index is 10.3. The van der Waals surface area contributed by atoms with Crippen molar-refractivity contribution in [2.45, 2.75) is 58.0 Å². The van der Waals surface area contributed by atoms with Gasteiger partial charge in [-0.05, 0) is 52.8 Å². The molecule has 0 radical (unpaired) electrons. The van der Waals surface area contributed by atoms with Crippen molar-refractivity contribution >= 4 is 34.2 Å². The van der Waals surface area contributed by atoms with Gasteiger partial charge in [-0.1, -0.05) is 43.7 Å². The van der Waals surface area contributed by atoms with Crippen molar-refractivity contribution in [3.05, 3.63) is 62.7 Å². The third-order valence-electron chi connectivity index (χ3n) is 6.11. The normalized spacial score (nSPS) is 18.0. The van der Waals surface area contributed by atoms with Crippen molar-refractivity contribution < 1.29 is 24.8 Å². The highest BCUT2D eigenvalue weighted by Gasteiger charge is 2.30. The van der Waals surface area contributed by atoms with Crippen LogP contribution >= 0.6 is 34.2 Å². The first-order valence-electron chi connectivity index (χ1n) is 11.5. The van der Waals surface area contributed by atoms with Gasteiger partial charge in [-0.25, -0.2) is 4.68 Å². The van der Waals surface area contributed by atoms with Crippen molar-refractivity contribution in [3.63, 3.8) is 0 Å². The van der Waals surface area contributed by atoms with Gasteiger partial charge in [0.25, 0.3) is 0 Å². The predicted molar refractivity (Wildman–Crippen MR) is 142 cm³/mol. The number of rotatable bonds is 12. The number of halogens is 2. The van der Waals surface area contributed by atoms with E-state index in [2.05, 4.69) is 71.9 Å². The van der Waals surface area contributed by atoms with E-state index >= 15 is 0 Å². The Bertz CT molecular complexity index is 1060. The average Bonchev–Trinajstić information content (AvgIpc) is 3.29. The highest BCUT2D eigenvalue weighted by Crippen LogP contribution is 2.40. The molecule has 1 aromatic heterocycles. The number of hydrogen-bond donors (Lipinski definition) is 3. The first kappa shape index (κ1) is 27.9. The third-order valence-corrected chi connectivity index (χ3v) is 7.31. The van der Waals surface area contributed by atoms with Crippen LogP contribution in [0.25, 0.3) is 0 Å². The largest absolute Gasteiger partial charge is 0.495 e. The molecule has 0 spiro atoms. The lowest BCUT2D eigenvalue weighted by molar-refractivity contribution is 0.0479. The van der Waals surface area contributed by atoms with E-state index in [-0.39, 0.29) is 43.6 Å². The Morgan fingerprint density at radius 1 is 1.20 bits per heavy atom. The molecule has 0 amide bonds. The minimum absolute atomic E-state index is 0.138. The second kappa shape index (κ2) is 12.5. The third kappa shape index (κ3) is 7.42. The predicted octanol–water partition coefficient (Wildman–Crippen LogP) is 3.56. The fourth-order valence-electron chi connectivity index (χ4n) is 3.88. The van der Waals surface area contributed by atoms with E-state index in [4.69, 9.17) is 26.2 Å². The molecule has 1 aliphatic carbocycles. The quantitative estimate of drug-likeness (QED) is 0.247. The first-order chi connectivity index (χ1) is 16.6. The highest BCUT2D eigenvalue weighted by molar-refractivity contribution is 14.1. The summed E-state index contributed by atoms with van der Waals surface area (Å²) in [6, 6.07) is 6.12. The maximum atomic E-state index is 10.3. The van der Waals surface area contributed by atoms with E-state index in [1.54, 1.807) is 6.20 Å². The van der Waals surface area contributed by atoms with Crippen LogP contribution in [0.2, 0.25) is 0 Å². The summed E-state index contributed by atoms with van der Waals surface area (Å²) in [4.78, 5) is 0. The molecule has 10 heteroatoms. The van der Waals surface area contributed by atoms with Crippen LogP contribution in [0.4, 0.5) is 0 Å². The maximum Gasteiger partial charge on any atom is 0.132 e. The number of benzene rings is 1. The van der Waals surface area contributed by atoms with Crippen LogP contribution in [-0.2, 0) is 23.3 Å². The number of aromatic nitrogens is 3. The van der Waals surface area contributed by atoms with Gasteiger partial charge in [0.05, 0.1) is 34.6 Å². The summed E-state index contributed by atoms with van der Waals surface area (Å²) < 4.78 is 14.1. The topological polar surface area (TPSA) is 110 Å². The summed E-state index contributed by atoms with van der Waals surface area (Å²) >= 11 is 7.90. The van der Waals surface area contributed by atoms with Crippen LogP contribution in [0.5, 0.6) is 5.75 Å². The Morgan fingerprint density at radius 3 is 2.57 bits per heavy atom. The Morgan fingerprint density at radius 2 is 1.94 bits per heavy atom. The zero-order valence-electron chi connectivity index (χ0n) is 20.2. The van der Waals surface area contributed by atoms with Gasteiger partial charge in [-0.2, -0.15) is 0 Å². The number of ether oxygens (including phenoxy) is 2. The van der Waals surface area contributed by atoms with E-state index in [1.807, 2.05) is 12.1 Å². The molecule has 8 nitrogen and oxygen atoms in total. The zero-order chi connectivity index (χ0) is 25.6. The van der Waals surface area contributed by atoms with Gasteiger partial charge in [0.2, 0.25) is 0 Å². The van der Waals surface area contributed by atoms with Crippen molar-refractivity contribution in [2.75, 3.05) is 19.1 Å². The van der Waals surface area contributed by atoms with Crippen LogP contribution in [0.15, 0.2) is 47.9 Å². The fourth-order valence-corrected chi connectivity index (χ4v) is 4.64. The summed E-state index contributed by atoms with van der Waals surface area (Å²) in [6.45, 7) is 6.90. The molecule has 192 valence electrons. The minimum Gasteiger partial charge on any atom is -0.495 e. The van der Waals surface area contributed by atoms with Crippen molar-refractivity contribution in [1.82, 2.24) is 15.0 Å². The lowest BCUT2D eigenvalue weighted by Crippen LogP contribution is -2.26. The lowest BCUT2D eigenvalue weighted by atomic mass is 9.73. The molecule has 3 rings (SSSR count). The molecule has 0 fully saturated rings. The number of allylic oxidation sites excluding steroid dienone is 4. The Balaban J connectivity index is 1.63. The summed E-state index contributed by atoms with van der Waals surface area (Å²) in [7, 11) is 0. The fraction of sp³-hybridized carbons (Fsp3) is 0.520. The second-order valence-corrected chi connectivity index (χ2v) is 10.8. The average molecular weight is 618 g/mol. The van der Waals surface area contributed by atoms with Gasteiger partial charge < -0.3 is 24.8 Å². The molecule has 1 unspecified atom stereocenters. The van der Waals surface area contributed by atoms with Gasteiger partial charge in [-0.3, -0.25) is 0 Å². The SMILES string of the molecule is CC1CC(C(C)(C)c2ccc(OC[C@@H](O)CCl)c(I)c2)=CC=C1OC[C@@H](O)Cn1cc(CO)nn1. The molecule has 3 atom stereocenters. The van der Waals surface area contributed by atoms with E-state index in [0.717, 1.165) is 21.5 Å². The molecular weight excluding hydrogens is 585 g/mol. The van der Waals surface area contributed by atoms with E-state index in [1.165, 1.54) is 15.8 Å². The number of aliphatic hydroxyl groups excluding tert-OH is 3. The van der Waals surface area contributed by atoms with Gasteiger partial charge in [0, 0.05) is 11.3 Å². The molecule has 1 heterocycles. The molecule has 0 saturated heterocycles. The van der Waals surface area contributed by atoms with Crippen molar-refractivity contribution in [3.8, 4) is 5.75 Å². The Hall–Kier alpha value is -1.66. The summed E-state index contributed by atoms with van der Waals surface area (Å²) in [5.41, 5.74) is 2.73. The Labute approximate surface area is 224 Å². The molecule has 0 saturated carbocycles. The van der Waals surface area contributed by atoms with Gasteiger partial charge in [0.1, 0.15) is 36.9 Å². The summed E-state index contributed by atoms with van der Waals surface area (Å²) in [5.74, 6) is 1.88. The second-order valence-electron chi connectivity index (χ2n) is 9.31. The van der Waals surface area contributed by atoms with Crippen LogP contribution < -0.4 is 4.74 Å². The van der Waals surface area contributed by atoms with Crippen LogP contribution in [0, 0.1) is 9.49 Å². The molecule has 1 aromatic carbocycles. The Kier molecular flexibility index (Phi) is 10.00. The lowest BCUT2D eigenvalue weighted by Gasteiger charge is -2.33. The van der Waals surface area contributed by atoms with Gasteiger partial charge >= 0.3 is 0 Å². The van der Waals surface area contributed by atoms with Crippen LogP contribution in [0.1, 0.15) is 38.4 Å². The molecule has 3 N–H and O–H groups in total. The van der Waals surface area contributed by atoms with Gasteiger partial charge in [-0.15, -0.1) is 16.7 Å². The highest BCUT2D eigenvalue weighted by atomic mass is 127. The number of hydrogen-bond acceptors (Lipinski definition) is 7. The monoisotopic (exact) mass is 617 g/mol. The number of aliphatic hydroxyl groups is 3. The van der Waals surface area contributed by atoms with Crippen LogP contribution in [-0.4, -0.2) is 61.6 Å². The zero-order valence-corrected chi connectivity index (χ0v) is 23.1. The molecule has 35 heavy (non-hydrogen) atoms. The van der Waals surface area contributed by atoms with Gasteiger partial charge in [0.15, 0.2) is 0 Å². The van der Waals surface area contributed by atoms with Crippen molar-refractivity contribution in [2.24, 2.45) is 5.92 Å². The standard InChI is InChI=1S/C25H33ClIN3O5/c1-16-8-17(4-6-23(16)34-15-21(33)12-30-11-19(13-31)28-29-30)25(2,3)18-5-7-24(22(27)9-18)35-14-20(32)10-26/h4-7,9,11,16,20-21,31-33H,8,10,12-15H2,1-3H3/t16?,20-,21-/m0/s1. The van der Waals surface area contributed by atoms with E-state index in [9.17, 15) is 10.2 Å². The molecule has 2 aromatic rings.